The quantitative estimate of drug-likeness (QED) is 0.702. The second kappa shape index (κ2) is 8.98. The van der Waals surface area contributed by atoms with Crippen LogP contribution < -0.4 is 10.2 Å². The van der Waals surface area contributed by atoms with Gasteiger partial charge >= 0.3 is 6.09 Å². The summed E-state index contributed by atoms with van der Waals surface area (Å²) in [6.45, 7) is 2.26. The number of pyridine rings is 2. The molecule has 0 radical (unpaired) electrons. The van der Waals surface area contributed by atoms with Crippen molar-refractivity contribution in [3.8, 4) is 11.3 Å². The van der Waals surface area contributed by atoms with Crippen LogP contribution in [0.25, 0.3) is 11.3 Å². The second-order valence-corrected chi connectivity index (χ2v) is 8.61. The van der Waals surface area contributed by atoms with Crippen molar-refractivity contribution in [1.82, 2.24) is 14.9 Å². The van der Waals surface area contributed by atoms with E-state index in [9.17, 15) is 4.79 Å². The minimum Gasteiger partial charge on any atom is -0.465 e. The molecule has 0 unspecified atom stereocenters. The predicted molar refractivity (Wildman–Crippen MR) is 117 cm³/mol. The van der Waals surface area contributed by atoms with Gasteiger partial charge in [0.1, 0.15) is 11.6 Å². The fourth-order valence-electron chi connectivity index (χ4n) is 4.05. The summed E-state index contributed by atoms with van der Waals surface area (Å²) in [6, 6.07) is 8.55. The van der Waals surface area contributed by atoms with Gasteiger partial charge in [-0.1, -0.05) is 35.2 Å². The summed E-state index contributed by atoms with van der Waals surface area (Å²) in [5.74, 6) is 1.76. The largest absolute Gasteiger partial charge is 0.465 e. The zero-order valence-corrected chi connectivity index (χ0v) is 17.9. The van der Waals surface area contributed by atoms with Gasteiger partial charge in [-0.25, -0.2) is 14.8 Å². The molecule has 0 bridgehead atoms. The van der Waals surface area contributed by atoms with Crippen LogP contribution in [0.5, 0.6) is 0 Å². The van der Waals surface area contributed by atoms with Crippen LogP contribution in [0.15, 0.2) is 34.9 Å². The molecule has 2 aliphatic rings. The molecule has 0 atom stereocenters. The van der Waals surface area contributed by atoms with Crippen molar-refractivity contribution in [2.75, 3.05) is 36.4 Å². The van der Waals surface area contributed by atoms with Crippen molar-refractivity contribution in [3.63, 3.8) is 0 Å². The van der Waals surface area contributed by atoms with Crippen LogP contribution in [0.3, 0.4) is 0 Å². The summed E-state index contributed by atoms with van der Waals surface area (Å²) in [4.78, 5) is 24.1. The highest BCUT2D eigenvalue weighted by Crippen LogP contribution is 2.28. The van der Waals surface area contributed by atoms with Crippen molar-refractivity contribution < 1.29 is 9.90 Å². The van der Waals surface area contributed by atoms with Crippen LogP contribution in [0, 0.1) is 0 Å². The third kappa shape index (κ3) is 4.98. The number of hydrogen-bond acceptors (Lipinski definition) is 5. The maximum absolute atomic E-state index is 11.1. The van der Waals surface area contributed by atoms with Gasteiger partial charge in [0.25, 0.3) is 0 Å². The molecule has 1 amide bonds. The molecule has 7 nitrogen and oxygen atoms in total. The Labute approximate surface area is 179 Å². The van der Waals surface area contributed by atoms with Crippen molar-refractivity contribution >= 4 is 33.7 Å². The van der Waals surface area contributed by atoms with Crippen molar-refractivity contribution in [2.45, 2.75) is 38.1 Å². The molecule has 2 aromatic rings. The van der Waals surface area contributed by atoms with E-state index in [0.29, 0.717) is 32.2 Å². The number of anilines is 2. The van der Waals surface area contributed by atoms with Gasteiger partial charge in [-0.2, -0.15) is 0 Å². The first kappa shape index (κ1) is 19.9. The number of aromatic nitrogens is 2. The lowest BCUT2D eigenvalue weighted by Gasteiger charge is -2.34. The molecule has 1 aliphatic carbocycles. The Morgan fingerprint density at radius 2 is 1.86 bits per heavy atom. The fourth-order valence-corrected chi connectivity index (χ4v) is 4.47. The molecule has 0 aromatic carbocycles. The van der Waals surface area contributed by atoms with E-state index < -0.39 is 6.09 Å². The normalized spacial score (nSPS) is 18.0. The highest BCUT2D eigenvalue weighted by molar-refractivity contribution is 9.10. The molecule has 8 heteroatoms. The molecule has 2 aromatic heterocycles. The maximum atomic E-state index is 11.1. The molecule has 1 saturated carbocycles. The average molecular weight is 460 g/mol. The van der Waals surface area contributed by atoms with Gasteiger partial charge in [-0.05, 0) is 37.1 Å². The summed E-state index contributed by atoms with van der Waals surface area (Å²) in [5.41, 5.74) is 1.90. The molecule has 154 valence electrons. The molecule has 0 spiro atoms. The van der Waals surface area contributed by atoms with E-state index in [1.165, 1.54) is 37.0 Å². The molecule has 1 saturated heterocycles. The van der Waals surface area contributed by atoms with E-state index in [0.717, 1.165) is 27.4 Å². The molecule has 1 aliphatic heterocycles. The number of amides is 1. The third-order valence-electron chi connectivity index (χ3n) is 5.66. The average Bonchev–Trinajstić information content (AvgIpc) is 2.74. The Bertz CT molecular complexity index is 864. The number of carboxylic acid groups (broad SMARTS) is 1. The topological polar surface area (TPSA) is 81.6 Å². The van der Waals surface area contributed by atoms with Gasteiger partial charge in [0.2, 0.25) is 0 Å². The first-order chi connectivity index (χ1) is 14.1. The lowest BCUT2D eigenvalue weighted by molar-refractivity contribution is 0.142. The fraction of sp³-hybridized carbons (Fsp3) is 0.476. The van der Waals surface area contributed by atoms with Gasteiger partial charge in [0.15, 0.2) is 0 Å². The number of hydrogen-bond donors (Lipinski definition) is 2. The van der Waals surface area contributed by atoms with Gasteiger partial charge in [0, 0.05) is 48.5 Å². The van der Waals surface area contributed by atoms with Crippen LogP contribution >= 0.6 is 15.9 Å². The van der Waals surface area contributed by atoms with E-state index in [4.69, 9.17) is 10.1 Å². The Hall–Kier alpha value is -2.35. The van der Waals surface area contributed by atoms with Gasteiger partial charge in [-0.3, -0.25) is 0 Å². The lowest BCUT2D eigenvalue weighted by atomic mass is 9.95. The second-order valence-electron chi connectivity index (χ2n) is 7.69. The SMILES string of the molecule is O=C(O)N1CCN(c2cc(Br)cc(-c3ccnc(NC4CCCCC4)c3)n2)CC1. The number of halogens is 1. The number of carbonyl (C=O) groups is 1. The molecule has 4 rings (SSSR count). The van der Waals surface area contributed by atoms with Crippen LogP contribution in [-0.4, -0.2) is 58.3 Å². The summed E-state index contributed by atoms with van der Waals surface area (Å²) in [7, 11) is 0. The molecule has 2 N–H and O–H groups in total. The highest BCUT2D eigenvalue weighted by atomic mass is 79.9. The van der Waals surface area contributed by atoms with Crippen molar-refractivity contribution in [3.05, 3.63) is 34.9 Å². The van der Waals surface area contributed by atoms with E-state index in [1.54, 1.807) is 0 Å². The van der Waals surface area contributed by atoms with Gasteiger partial charge in [-0.15, -0.1) is 0 Å². The molecule has 2 fully saturated rings. The molecular formula is C21H26BrN5O2. The number of piperazine rings is 1. The lowest BCUT2D eigenvalue weighted by Crippen LogP contribution is -2.48. The van der Waals surface area contributed by atoms with Gasteiger partial charge in [0.05, 0.1) is 5.69 Å². The molecule has 3 heterocycles. The first-order valence-electron chi connectivity index (χ1n) is 10.2. The van der Waals surface area contributed by atoms with Crippen molar-refractivity contribution in [2.24, 2.45) is 0 Å². The zero-order chi connectivity index (χ0) is 20.2. The maximum Gasteiger partial charge on any atom is 0.407 e. The van der Waals surface area contributed by atoms with E-state index in [-0.39, 0.29) is 0 Å². The van der Waals surface area contributed by atoms with E-state index >= 15 is 0 Å². The Kier molecular flexibility index (Phi) is 6.18. The summed E-state index contributed by atoms with van der Waals surface area (Å²) < 4.78 is 0.955. The Morgan fingerprint density at radius 3 is 2.59 bits per heavy atom. The first-order valence-corrected chi connectivity index (χ1v) is 11.0. The Morgan fingerprint density at radius 1 is 1.10 bits per heavy atom. The van der Waals surface area contributed by atoms with Crippen LogP contribution in [0.2, 0.25) is 0 Å². The standard InChI is InChI=1S/C21H26BrN5O2/c22-16-13-18(25-20(14-16)26-8-10-27(11-9-26)21(28)29)15-6-7-23-19(12-15)24-17-4-2-1-3-5-17/h6-7,12-14,17H,1-5,8-11H2,(H,23,24)(H,28,29). The predicted octanol–water partition coefficient (Wildman–Crippen LogP) is 4.45. The summed E-state index contributed by atoms with van der Waals surface area (Å²) in [5, 5.41) is 12.7. The number of rotatable bonds is 4. The zero-order valence-electron chi connectivity index (χ0n) is 16.4. The van der Waals surface area contributed by atoms with Gasteiger partial charge < -0.3 is 20.2 Å². The number of nitrogens with zero attached hydrogens (tertiary/aromatic N) is 4. The molecular weight excluding hydrogens is 434 g/mol. The monoisotopic (exact) mass is 459 g/mol. The Balaban J connectivity index is 1.51. The summed E-state index contributed by atoms with van der Waals surface area (Å²) in [6.07, 6.45) is 7.26. The third-order valence-corrected chi connectivity index (χ3v) is 6.12. The van der Waals surface area contributed by atoms with Crippen LogP contribution in [0.4, 0.5) is 16.4 Å². The molecule has 29 heavy (non-hydrogen) atoms. The minimum atomic E-state index is -0.859. The van der Waals surface area contributed by atoms with Crippen molar-refractivity contribution in [1.29, 1.82) is 0 Å². The summed E-state index contributed by atoms with van der Waals surface area (Å²) >= 11 is 3.61. The highest BCUT2D eigenvalue weighted by Gasteiger charge is 2.22. The van der Waals surface area contributed by atoms with E-state index in [1.807, 2.05) is 24.4 Å². The van der Waals surface area contributed by atoms with Crippen LogP contribution in [-0.2, 0) is 0 Å². The van der Waals surface area contributed by atoms with Crippen LogP contribution in [0.1, 0.15) is 32.1 Å². The number of nitrogens with one attached hydrogen (secondary N) is 1. The van der Waals surface area contributed by atoms with E-state index in [2.05, 4.69) is 37.2 Å². The smallest absolute Gasteiger partial charge is 0.407 e. The minimum absolute atomic E-state index is 0.490.